The second kappa shape index (κ2) is 5.08. The second-order valence-electron chi connectivity index (χ2n) is 5.36. The average Bonchev–Trinajstić information content (AvgIpc) is 2.46. The molecule has 3 heteroatoms. The molecule has 2 N–H and O–H groups in total. The molecule has 2 aromatic carbocycles. The third kappa shape index (κ3) is 2.31. The van der Waals surface area contributed by atoms with Gasteiger partial charge in [-0.1, -0.05) is 32.0 Å². The Balaban J connectivity index is 1.99. The summed E-state index contributed by atoms with van der Waals surface area (Å²) in [5.41, 5.74) is 10.4. The van der Waals surface area contributed by atoms with E-state index in [1.54, 1.807) is 0 Å². The summed E-state index contributed by atoms with van der Waals surface area (Å²) in [5.74, 6) is 2.05. The van der Waals surface area contributed by atoms with E-state index >= 15 is 0 Å². The summed E-state index contributed by atoms with van der Waals surface area (Å²) in [7, 11) is 0. The molecule has 1 aliphatic heterocycles. The molecule has 3 nitrogen and oxygen atoms in total. The molecular formula is C17H19NO2. The fourth-order valence-electron chi connectivity index (χ4n) is 2.50. The monoisotopic (exact) mass is 269 g/mol. The van der Waals surface area contributed by atoms with Gasteiger partial charge in [-0.3, -0.25) is 0 Å². The molecule has 1 aliphatic rings. The maximum atomic E-state index is 6.14. The first kappa shape index (κ1) is 12.9. The van der Waals surface area contributed by atoms with Gasteiger partial charge in [0.15, 0.2) is 11.5 Å². The van der Waals surface area contributed by atoms with Gasteiger partial charge in [0.2, 0.25) is 0 Å². The minimum Gasteiger partial charge on any atom is -0.486 e. The maximum Gasteiger partial charge on any atom is 0.161 e. The zero-order chi connectivity index (χ0) is 14.1. The Bertz CT molecular complexity index is 635. The summed E-state index contributed by atoms with van der Waals surface area (Å²) < 4.78 is 11.2. The van der Waals surface area contributed by atoms with Crippen molar-refractivity contribution in [1.29, 1.82) is 0 Å². The smallest absolute Gasteiger partial charge is 0.161 e. The minimum absolute atomic E-state index is 0.435. The molecule has 0 saturated heterocycles. The van der Waals surface area contributed by atoms with Gasteiger partial charge in [-0.05, 0) is 40.8 Å². The van der Waals surface area contributed by atoms with Gasteiger partial charge in [0.05, 0.1) is 0 Å². The lowest BCUT2D eigenvalue weighted by Gasteiger charge is -2.19. The van der Waals surface area contributed by atoms with Crippen LogP contribution in [0, 0.1) is 0 Å². The number of hydrogen-bond donors (Lipinski definition) is 1. The Hall–Kier alpha value is -2.16. The van der Waals surface area contributed by atoms with Crippen molar-refractivity contribution < 1.29 is 9.47 Å². The SMILES string of the molecule is CC(C)c1ccc(-c2ccc3c(c2)OCCO3)cc1N. The highest BCUT2D eigenvalue weighted by Gasteiger charge is 2.13. The van der Waals surface area contributed by atoms with Gasteiger partial charge in [-0.15, -0.1) is 0 Å². The van der Waals surface area contributed by atoms with Crippen molar-refractivity contribution in [2.24, 2.45) is 0 Å². The first-order chi connectivity index (χ1) is 9.65. The number of anilines is 1. The van der Waals surface area contributed by atoms with E-state index in [9.17, 15) is 0 Å². The average molecular weight is 269 g/mol. The summed E-state index contributed by atoms with van der Waals surface area (Å²) in [6.07, 6.45) is 0. The van der Waals surface area contributed by atoms with E-state index in [1.165, 1.54) is 5.56 Å². The standard InChI is InChI=1S/C17H19NO2/c1-11(2)14-5-3-12(9-15(14)18)13-4-6-16-17(10-13)20-8-7-19-16/h3-6,9-11H,7-8,18H2,1-2H3. The van der Waals surface area contributed by atoms with Crippen molar-refractivity contribution in [2.45, 2.75) is 19.8 Å². The lowest BCUT2D eigenvalue weighted by molar-refractivity contribution is 0.171. The molecule has 0 spiro atoms. The molecule has 0 saturated carbocycles. The molecule has 2 aromatic rings. The quantitative estimate of drug-likeness (QED) is 0.843. The number of ether oxygens (including phenoxy) is 2. The number of benzene rings is 2. The predicted octanol–water partition coefficient (Wildman–Crippen LogP) is 3.83. The Morgan fingerprint density at radius 1 is 0.900 bits per heavy atom. The Kier molecular flexibility index (Phi) is 3.26. The lowest BCUT2D eigenvalue weighted by Crippen LogP contribution is -2.15. The molecular weight excluding hydrogens is 250 g/mol. The number of hydrogen-bond acceptors (Lipinski definition) is 3. The molecule has 1 heterocycles. The van der Waals surface area contributed by atoms with Crippen LogP contribution in [0.25, 0.3) is 11.1 Å². The van der Waals surface area contributed by atoms with Crippen LogP contribution in [-0.4, -0.2) is 13.2 Å². The topological polar surface area (TPSA) is 44.5 Å². The van der Waals surface area contributed by atoms with Gasteiger partial charge >= 0.3 is 0 Å². The van der Waals surface area contributed by atoms with Gasteiger partial charge in [-0.25, -0.2) is 0 Å². The lowest BCUT2D eigenvalue weighted by atomic mass is 9.96. The molecule has 0 bridgehead atoms. The fourth-order valence-corrected chi connectivity index (χ4v) is 2.50. The molecule has 0 radical (unpaired) electrons. The predicted molar refractivity (Wildman–Crippen MR) is 81.4 cm³/mol. The van der Waals surface area contributed by atoms with E-state index in [4.69, 9.17) is 15.2 Å². The van der Waals surface area contributed by atoms with Gasteiger partial charge in [0, 0.05) is 5.69 Å². The molecule has 3 rings (SSSR count). The van der Waals surface area contributed by atoms with Crippen LogP contribution in [0.2, 0.25) is 0 Å². The summed E-state index contributed by atoms with van der Waals surface area (Å²) >= 11 is 0. The number of fused-ring (bicyclic) bond motifs is 1. The zero-order valence-electron chi connectivity index (χ0n) is 11.8. The molecule has 0 unspecified atom stereocenters. The largest absolute Gasteiger partial charge is 0.486 e. The summed E-state index contributed by atoms with van der Waals surface area (Å²) in [6, 6.07) is 12.2. The number of rotatable bonds is 2. The Morgan fingerprint density at radius 2 is 1.55 bits per heavy atom. The van der Waals surface area contributed by atoms with E-state index in [2.05, 4.69) is 26.0 Å². The van der Waals surface area contributed by atoms with Crippen molar-refractivity contribution >= 4 is 5.69 Å². The highest BCUT2D eigenvalue weighted by atomic mass is 16.6. The van der Waals surface area contributed by atoms with Crippen LogP contribution in [0.15, 0.2) is 36.4 Å². The summed E-state index contributed by atoms with van der Waals surface area (Å²) in [4.78, 5) is 0. The highest BCUT2D eigenvalue weighted by molar-refractivity contribution is 5.71. The molecule has 0 aliphatic carbocycles. The normalized spacial score (nSPS) is 13.6. The first-order valence-corrected chi connectivity index (χ1v) is 6.94. The molecule has 0 fully saturated rings. The van der Waals surface area contributed by atoms with Crippen LogP contribution < -0.4 is 15.2 Å². The third-order valence-electron chi connectivity index (χ3n) is 3.58. The van der Waals surface area contributed by atoms with Crippen LogP contribution in [0.1, 0.15) is 25.3 Å². The van der Waals surface area contributed by atoms with Crippen molar-refractivity contribution in [3.63, 3.8) is 0 Å². The van der Waals surface area contributed by atoms with E-state index in [1.807, 2.05) is 24.3 Å². The highest BCUT2D eigenvalue weighted by Crippen LogP contribution is 2.35. The van der Waals surface area contributed by atoms with E-state index in [0.717, 1.165) is 28.3 Å². The van der Waals surface area contributed by atoms with Crippen LogP contribution in [0.4, 0.5) is 5.69 Å². The number of nitrogens with two attached hydrogens (primary N) is 1. The van der Waals surface area contributed by atoms with Crippen molar-refractivity contribution in [1.82, 2.24) is 0 Å². The zero-order valence-corrected chi connectivity index (χ0v) is 11.8. The summed E-state index contributed by atoms with van der Waals surface area (Å²) in [6.45, 7) is 5.51. The molecule has 104 valence electrons. The Labute approximate surface area is 119 Å². The van der Waals surface area contributed by atoms with Crippen molar-refractivity contribution in [2.75, 3.05) is 18.9 Å². The van der Waals surface area contributed by atoms with Gasteiger partial charge in [-0.2, -0.15) is 0 Å². The van der Waals surface area contributed by atoms with Crippen molar-refractivity contribution in [3.8, 4) is 22.6 Å². The Morgan fingerprint density at radius 3 is 2.25 bits per heavy atom. The van der Waals surface area contributed by atoms with Crippen LogP contribution in [0.3, 0.4) is 0 Å². The van der Waals surface area contributed by atoms with E-state index < -0.39 is 0 Å². The van der Waals surface area contributed by atoms with Crippen molar-refractivity contribution in [3.05, 3.63) is 42.0 Å². The van der Waals surface area contributed by atoms with Crippen LogP contribution in [-0.2, 0) is 0 Å². The molecule has 20 heavy (non-hydrogen) atoms. The number of nitrogen functional groups attached to an aromatic ring is 1. The van der Waals surface area contributed by atoms with Gasteiger partial charge < -0.3 is 15.2 Å². The summed E-state index contributed by atoms with van der Waals surface area (Å²) in [5, 5.41) is 0. The third-order valence-corrected chi connectivity index (χ3v) is 3.58. The van der Waals surface area contributed by atoms with E-state index in [-0.39, 0.29) is 0 Å². The minimum atomic E-state index is 0.435. The van der Waals surface area contributed by atoms with Gasteiger partial charge in [0.25, 0.3) is 0 Å². The second-order valence-corrected chi connectivity index (χ2v) is 5.36. The molecule has 0 atom stereocenters. The fraction of sp³-hybridized carbons (Fsp3) is 0.294. The van der Waals surface area contributed by atoms with Crippen LogP contribution >= 0.6 is 0 Å². The molecule has 0 aromatic heterocycles. The molecule has 0 amide bonds. The maximum absolute atomic E-state index is 6.14. The van der Waals surface area contributed by atoms with Gasteiger partial charge in [0.1, 0.15) is 13.2 Å². The van der Waals surface area contributed by atoms with E-state index in [0.29, 0.717) is 19.1 Å². The van der Waals surface area contributed by atoms with Crippen LogP contribution in [0.5, 0.6) is 11.5 Å². The first-order valence-electron chi connectivity index (χ1n) is 6.94.